The van der Waals surface area contributed by atoms with Crippen LogP contribution in [-0.4, -0.2) is 15.5 Å². The fourth-order valence-electron chi connectivity index (χ4n) is 1.12. The third-order valence-corrected chi connectivity index (χ3v) is 1.70. The van der Waals surface area contributed by atoms with Crippen LogP contribution < -0.4 is 5.73 Å². The Balaban J connectivity index is 2.62. The number of amides is 1. The summed E-state index contributed by atoms with van der Waals surface area (Å²) < 4.78 is 1.93. The van der Waals surface area contributed by atoms with Gasteiger partial charge in [-0.1, -0.05) is 0 Å². The molecule has 1 rings (SSSR count). The minimum Gasteiger partial charge on any atom is -0.370 e. The van der Waals surface area contributed by atoms with E-state index in [4.69, 9.17) is 5.73 Å². The molecule has 1 aromatic rings. The normalized spacial score (nSPS) is 10.2. The van der Waals surface area contributed by atoms with E-state index >= 15 is 0 Å². The van der Waals surface area contributed by atoms with E-state index in [1.165, 1.54) is 0 Å². The second kappa shape index (κ2) is 3.38. The van der Waals surface area contributed by atoms with Crippen molar-refractivity contribution in [3.05, 3.63) is 17.7 Å². The standard InChI is InChI=1S/C8H13N3O/c1-6-5-11(7(2)10-6)4-3-8(9)12/h5H,3-4H2,1-2H3,(H2,9,12). The maximum atomic E-state index is 10.5. The van der Waals surface area contributed by atoms with Gasteiger partial charge in [-0.2, -0.15) is 0 Å². The topological polar surface area (TPSA) is 60.9 Å². The lowest BCUT2D eigenvalue weighted by molar-refractivity contribution is -0.118. The van der Waals surface area contributed by atoms with Crippen LogP contribution in [-0.2, 0) is 11.3 Å². The summed E-state index contributed by atoms with van der Waals surface area (Å²) in [6.45, 7) is 4.46. The zero-order valence-electron chi connectivity index (χ0n) is 7.37. The first-order chi connectivity index (χ1) is 5.59. The Labute approximate surface area is 71.4 Å². The number of rotatable bonds is 3. The fourth-order valence-corrected chi connectivity index (χ4v) is 1.12. The number of aromatic nitrogens is 2. The minimum absolute atomic E-state index is 0.277. The van der Waals surface area contributed by atoms with Crippen molar-refractivity contribution in [1.82, 2.24) is 9.55 Å². The van der Waals surface area contributed by atoms with Gasteiger partial charge in [0, 0.05) is 19.2 Å². The zero-order valence-corrected chi connectivity index (χ0v) is 7.37. The summed E-state index contributed by atoms with van der Waals surface area (Å²) in [6.07, 6.45) is 2.29. The van der Waals surface area contributed by atoms with E-state index in [0.29, 0.717) is 13.0 Å². The highest BCUT2D eigenvalue weighted by Crippen LogP contribution is 2.01. The van der Waals surface area contributed by atoms with Crippen LogP contribution in [0.1, 0.15) is 17.9 Å². The Morgan fingerprint density at radius 2 is 2.33 bits per heavy atom. The maximum absolute atomic E-state index is 10.5. The molecule has 4 heteroatoms. The Bertz CT molecular complexity index is 290. The van der Waals surface area contributed by atoms with E-state index in [2.05, 4.69) is 4.98 Å². The quantitative estimate of drug-likeness (QED) is 0.707. The predicted octanol–water partition coefficient (Wildman–Crippen LogP) is 0.375. The Morgan fingerprint density at radius 1 is 1.67 bits per heavy atom. The number of aryl methyl sites for hydroxylation is 3. The average Bonchev–Trinajstić information content (AvgIpc) is 2.26. The summed E-state index contributed by atoms with van der Waals surface area (Å²) in [5.74, 6) is 0.648. The van der Waals surface area contributed by atoms with Gasteiger partial charge < -0.3 is 10.3 Å². The zero-order chi connectivity index (χ0) is 9.14. The van der Waals surface area contributed by atoms with Crippen LogP contribution in [0.15, 0.2) is 6.20 Å². The van der Waals surface area contributed by atoms with E-state index in [1.54, 1.807) is 0 Å². The van der Waals surface area contributed by atoms with Gasteiger partial charge in [-0.05, 0) is 13.8 Å². The molecular formula is C8H13N3O. The number of imidazole rings is 1. The lowest BCUT2D eigenvalue weighted by atomic mass is 10.4. The molecule has 1 amide bonds. The molecule has 12 heavy (non-hydrogen) atoms. The molecule has 4 nitrogen and oxygen atoms in total. The van der Waals surface area contributed by atoms with Gasteiger partial charge in [0.2, 0.25) is 5.91 Å². The van der Waals surface area contributed by atoms with Crippen molar-refractivity contribution < 1.29 is 4.79 Å². The van der Waals surface area contributed by atoms with Crippen LogP contribution in [0.4, 0.5) is 0 Å². The van der Waals surface area contributed by atoms with E-state index in [-0.39, 0.29) is 5.91 Å². The number of nitrogens with two attached hydrogens (primary N) is 1. The largest absolute Gasteiger partial charge is 0.370 e. The molecule has 0 saturated carbocycles. The van der Waals surface area contributed by atoms with Crippen molar-refractivity contribution in [3.8, 4) is 0 Å². The van der Waals surface area contributed by atoms with Crippen LogP contribution in [0.3, 0.4) is 0 Å². The number of nitrogens with zero attached hydrogens (tertiary/aromatic N) is 2. The van der Waals surface area contributed by atoms with Crippen LogP contribution in [0.2, 0.25) is 0 Å². The third-order valence-electron chi connectivity index (χ3n) is 1.70. The van der Waals surface area contributed by atoms with Gasteiger partial charge in [-0.15, -0.1) is 0 Å². The van der Waals surface area contributed by atoms with E-state index in [1.807, 2.05) is 24.6 Å². The summed E-state index contributed by atoms with van der Waals surface area (Å²) in [4.78, 5) is 14.7. The highest BCUT2D eigenvalue weighted by Gasteiger charge is 2.01. The molecule has 0 radical (unpaired) electrons. The monoisotopic (exact) mass is 167 g/mol. The molecule has 1 aromatic heterocycles. The summed E-state index contributed by atoms with van der Waals surface area (Å²) in [7, 11) is 0. The first-order valence-corrected chi connectivity index (χ1v) is 3.88. The van der Waals surface area contributed by atoms with Gasteiger partial charge in [-0.25, -0.2) is 4.98 Å². The van der Waals surface area contributed by atoms with Gasteiger partial charge in [0.05, 0.1) is 5.69 Å². The van der Waals surface area contributed by atoms with E-state index in [9.17, 15) is 4.79 Å². The smallest absolute Gasteiger partial charge is 0.219 e. The second-order valence-corrected chi connectivity index (χ2v) is 2.84. The number of hydrogen-bond donors (Lipinski definition) is 1. The molecule has 66 valence electrons. The van der Waals surface area contributed by atoms with Crippen molar-refractivity contribution in [2.75, 3.05) is 0 Å². The van der Waals surface area contributed by atoms with Gasteiger partial charge in [0.15, 0.2) is 0 Å². The molecule has 0 bridgehead atoms. The summed E-state index contributed by atoms with van der Waals surface area (Å²) in [6, 6.07) is 0. The maximum Gasteiger partial charge on any atom is 0.219 e. The molecule has 0 saturated heterocycles. The van der Waals surface area contributed by atoms with Gasteiger partial charge in [0.25, 0.3) is 0 Å². The Morgan fingerprint density at radius 3 is 2.75 bits per heavy atom. The molecule has 0 aliphatic heterocycles. The molecule has 2 N–H and O–H groups in total. The molecule has 0 atom stereocenters. The van der Waals surface area contributed by atoms with Gasteiger partial charge in [0.1, 0.15) is 5.82 Å². The minimum atomic E-state index is -0.277. The number of hydrogen-bond acceptors (Lipinski definition) is 2. The Kier molecular flexibility index (Phi) is 2.47. The molecule has 0 aliphatic carbocycles. The molecule has 1 heterocycles. The third kappa shape index (κ3) is 2.08. The Hall–Kier alpha value is -1.32. The SMILES string of the molecule is Cc1cn(CCC(N)=O)c(C)n1. The number of carbonyl (C=O) groups is 1. The van der Waals surface area contributed by atoms with Crippen LogP contribution in [0.25, 0.3) is 0 Å². The first kappa shape index (κ1) is 8.77. The first-order valence-electron chi connectivity index (χ1n) is 3.88. The molecule has 0 fully saturated rings. The lowest BCUT2D eigenvalue weighted by Gasteiger charge is -2.00. The summed E-state index contributed by atoms with van der Waals surface area (Å²) in [5, 5.41) is 0. The summed E-state index contributed by atoms with van der Waals surface area (Å²) in [5.41, 5.74) is 5.99. The van der Waals surface area contributed by atoms with Crippen LogP contribution >= 0.6 is 0 Å². The van der Waals surface area contributed by atoms with Crippen molar-refractivity contribution in [2.45, 2.75) is 26.8 Å². The second-order valence-electron chi connectivity index (χ2n) is 2.84. The predicted molar refractivity (Wildman–Crippen MR) is 45.5 cm³/mol. The van der Waals surface area contributed by atoms with Gasteiger partial charge >= 0.3 is 0 Å². The van der Waals surface area contributed by atoms with Gasteiger partial charge in [-0.3, -0.25) is 4.79 Å². The molecular weight excluding hydrogens is 154 g/mol. The number of primary amides is 1. The van der Waals surface area contributed by atoms with Crippen molar-refractivity contribution in [1.29, 1.82) is 0 Å². The lowest BCUT2D eigenvalue weighted by Crippen LogP contribution is -2.14. The van der Waals surface area contributed by atoms with E-state index < -0.39 is 0 Å². The van der Waals surface area contributed by atoms with Crippen LogP contribution in [0, 0.1) is 13.8 Å². The van der Waals surface area contributed by atoms with E-state index in [0.717, 1.165) is 11.5 Å². The average molecular weight is 167 g/mol. The van der Waals surface area contributed by atoms with Crippen molar-refractivity contribution in [2.24, 2.45) is 5.73 Å². The molecule has 0 aromatic carbocycles. The molecule has 0 aliphatic rings. The fraction of sp³-hybridized carbons (Fsp3) is 0.500. The molecule has 0 unspecified atom stereocenters. The van der Waals surface area contributed by atoms with Crippen molar-refractivity contribution in [3.63, 3.8) is 0 Å². The number of carbonyl (C=O) groups excluding carboxylic acids is 1. The highest BCUT2D eigenvalue weighted by atomic mass is 16.1. The highest BCUT2D eigenvalue weighted by molar-refractivity contribution is 5.73. The molecule has 0 spiro atoms. The van der Waals surface area contributed by atoms with Crippen LogP contribution in [0.5, 0.6) is 0 Å². The van der Waals surface area contributed by atoms with Crippen molar-refractivity contribution >= 4 is 5.91 Å². The summed E-state index contributed by atoms with van der Waals surface area (Å²) >= 11 is 0.